The first kappa shape index (κ1) is 14.0. The number of benzene rings is 1. The van der Waals surface area contributed by atoms with Crippen molar-refractivity contribution in [3.05, 3.63) is 35.9 Å². The molecule has 1 amide bonds. The Morgan fingerprint density at radius 1 is 1.35 bits per heavy atom. The SMILES string of the molecule is Cl.O=C(NCC1CCCNC1)c1ccccc1. The van der Waals surface area contributed by atoms with Gasteiger partial charge in [-0.1, -0.05) is 18.2 Å². The molecular weight excluding hydrogens is 236 g/mol. The zero-order chi connectivity index (χ0) is 11.2. The molecule has 1 aromatic rings. The van der Waals surface area contributed by atoms with E-state index in [1.807, 2.05) is 30.3 Å². The van der Waals surface area contributed by atoms with E-state index in [1.54, 1.807) is 0 Å². The lowest BCUT2D eigenvalue weighted by molar-refractivity contribution is 0.0945. The Labute approximate surface area is 108 Å². The highest BCUT2D eigenvalue weighted by molar-refractivity contribution is 5.94. The molecule has 0 radical (unpaired) electrons. The van der Waals surface area contributed by atoms with E-state index in [2.05, 4.69) is 10.6 Å². The Balaban J connectivity index is 0.00000144. The normalized spacial score (nSPS) is 19.2. The molecule has 1 aliphatic heterocycles. The molecule has 1 heterocycles. The van der Waals surface area contributed by atoms with Gasteiger partial charge in [-0.15, -0.1) is 12.4 Å². The fourth-order valence-electron chi connectivity index (χ4n) is 2.03. The smallest absolute Gasteiger partial charge is 0.251 e. The average Bonchev–Trinajstić information content (AvgIpc) is 2.38. The lowest BCUT2D eigenvalue weighted by atomic mass is 10.00. The number of nitrogens with one attached hydrogen (secondary N) is 2. The number of halogens is 1. The number of hydrogen-bond donors (Lipinski definition) is 2. The fraction of sp³-hybridized carbons (Fsp3) is 0.462. The van der Waals surface area contributed by atoms with Gasteiger partial charge in [-0.3, -0.25) is 4.79 Å². The molecule has 2 rings (SSSR count). The molecule has 4 heteroatoms. The van der Waals surface area contributed by atoms with Gasteiger partial charge < -0.3 is 10.6 Å². The quantitative estimate of drug-likeness (QED) is 0.864. The third kappa shape index (κ3) is 4.36. The maximum Gasteiger partial charge on any atom is 0.251 e. The highest BCUT2D eigenvalue weighted by Crippen LogP contribution is 2.08. The van der Waals surface area contributed by atoms with Crippen LogP contribution in [0.25, 0.3) is 0 Å². The first-order valence-electron chi connectivity index (χ1n) is 5.90. The van der Waals surface area contributed by atoms with Crippen LogP contribution in [0.4, 0.5) is 0 Å². The summed E-state index contributed by atoms with van der Waals surface area (Å²) in [5, 5.41) is 6.34. The molecule has 1 aliphatic rings. The largest absolute Gasteiger partial charge is 0.352 e. The maximum atomic E-state index is 11.8. The summed E-state index contributed by atoms with van der Waals surface area (Å²) in [4.78, 5) is 11.8. The third-order valence-corrected chi connectivity index (χ3v) is 2.99. The van der Waals surface area contributed by atoms with Crippen LogP contribution in [0.2, 0.25) is 0 Å². The maximum absolute atomic E-state index is 11.8. The second-order valence-corrected chi connectivity index (χ2v) is 4.29. The molecule has 1 atom stereocenters. The summed E-state index contributed by atoms with van der Waals surface area (Å²) in [5.74, 6) is 0.618. The Hall–Kier alpha value is -1.06. The highest BCUT2D eigenvalue weighted by atomic mass is 35.5. The van der Waals surface area contributed by atoms with Gasteiger partial charge in [0.05, 0.1) is 0 Å². The van der Waals surface area contributed by atoms with Crippen LogP contribution in [0.5, 0.6) is 0 Å². The summed E-state index contributed by atoms with van der Waals surface area (Å²) in [6, 6.07) is 9.37. The van der Waals surface area contributed by atoms with Crippen LogP contribution in [-0.2, 0) is 0 Å². The van der Waals surface area contributed by atoms with Crippen LogP contribution in [-0.4, -0.2) is 25.5 Å². The molecule has 1 unspecified atom stereocenters. The van der Waals surface area contributed by atoms with Gasteiger partial charge in [-0.25, -0.2) is 0 Å². The Bertz CT molecular complexity index is 337. The second-order valence-electron chi connectivity index (χ2n) is 4.29. The van der Waals surface area contributed by atoms with Crippen LogP contribution in [0.1, 0.15) is 23.2 Å². The number of hydrogen-bond acceptors (Lipinski definition) is 2. The van der Waals surface area contributed by atoms with E-state index in [1.165, 1.54) is 12.8 Å². The van der Waals surface area contributed by atoms with Crippen molar-refractivity contribution in [1.29, 1.82) is 0 Å². The van der Waals surface area contributed by atoms with E-state index >= 15 is 0 Å². The van der Waals surface area contributed by atoms with Crippen molar-refractivity contribution in [3.8, 4) is 0 Å². The molecule has 0 saturated carbocycles. The lowest BCUT2D eigenvalue weighted by Crippen LogP contribution is -2.38. The van der Waals surface area contributed by atoms with Gasteiger partial charge in [0.1, 0.15) is 0 Å². The molecule has 0 spiro atoms. The number of piperidine rings is 1. The molecule has 3 nitrogen and oxygen atoms in total. The molecule has 0 bridgehead atoms. The first-order valence-corrected chi connectivity index (χ1v) is 5.90. The van der Waals surface area contributed by atoms with Crippen LogP contribution in [0.3, 0.4) is 0 Å². The molecule has 17 heavy (non-hydrogen) atoms. The lowest BCUT2D eigenvalue weighted by Gasteiger charge is -2.22. The van der Waals surface area contributed by atoms with Gasteiger partial charge in [0.25, 0.3) is 5.91 Å². The zero-order valence-corrected chi connectivity index (χ0v) is 10.6. The molecule has 2 N–H and O–H groups in total. The van der Waals surface area contributed by atoms with Crippen molar-refractivity contribution in [2.75, 3.05) is 19.6 Å². The topological polar surface area (TPSA) is 41.1 Å². The van der Waals surface area contributed by atoms with Gasteiger partial charge >= 0.3 is 0 Å². The van der Waals surface area contributed by atoms with E-state index in [9.17, 15) is 4.79 Å². The van der Waals surface area contributed by atoms with Gasteiger partial charge in [0.15, 0.2) is 0 Å². The molecule has 1 saturated heterocycles. The van der Waals surface area contributed by atoms with E-state index in [-0.39, 0.29) is 18.3 Å². The molecule has 0 aromatic heterocycles. The van der Waals surface area contributed by atoms with Crippen molar-refractivity contribution in [1.82, 2.24) is 10.6 Å². The highest BCUT2D eigenvalue weighted by Gasteiger charge is 2.14. The third-order valence-electron chi connectivity index (χ3n) is 2.99. The zero-order valence-electron chi connectivity index (χ0n) is 9.82. The van der Waals surface area contributed by atoms with Gasteiger partial charge in [0.2, 0.25) is 0 Å². The van der Waals surface area contributed by atoms with Crippen LogP contribution >= 0.6 is 12.4 Å². The van der Waals surface area contributed by atoms with E-state index in [0.717, 1.165) is 25.2 Å². The minimum absolute atomic E-state index is 0. The minimum Gasteiger partial charge on any atom is -0.352 e. The predicted molar refractivity (Wildman–Crippen MR) is 71.6 cm³/mol. The Kier molecular flexibility index (Phi) is 6.01. The first-order chi connectivity index (χ1) is 7.86. The monoisotopic (exact) mass is 254 g/mol. The summed E-state index contributed by atoms with van der Waals surface area (Å²) in [6.45, 7) is 2.92. The van der Waals surface area contributed by atoms with Crippen molar-refractivity contribution in [3.63, 3.8) is 0 Å². The van der Waals surface area contributed by atoms with Gasteiger partial charge in [-0.05, 0) is 44.0 Å². The number of rotatable bonds is 3. The van der Waals surface area contributed by atoms with Crippen molar-refractivity contribution < 1.29 is 4.79 Å². The number of carbonyl (C=O) groups excluding carboxylic acids is 1. The van der Waals surface area contributed by atoms with Gasteiger partial charge in [-0.2, -0.15) is 0 Å². The van der Waals surface area contributed by atoms with Crippen molar-refractivity contribution >= 4 is 18.3 Å². The molecule has 94 valence electrons. The molecule has 1 aromatic carbocycles. The van der Waals surface area contributed by atoms with Crippen molar-refractivity contribution in [2.45, 2.75) is 12.8 Å². The minimum atomic E-state index is 0. The van der Waals surface area contributed by atoms with E-state index in [4.69, 9.17) is 0 Å². The molecule has 0 aliphatic carbocycles. The van der Waals surface area contributed by atoms with E-state index in [0.29, 0.717) is 5.92 Å². The average molecular weight is 255 g/mol. The molecule has 1 fully saturated rings. The summed E-state index contributed by atoms with van der Waals surface area (Å²) < 4.78 is 0. The summed E-state index contributed by atoms with van der Waals surface area (Å²) in [6.07, 6.45) is 2.42. The standard InChI is InChI=1S/C13H18N2O.ClH/c16-13(12-6-2-1-3-7-12)15-10-11-5-4-8-14-9-11;/h1-3,6-7,11,14H,4-5,8-10H2,(H,15,16);1H. The van der Waals surface area contributed by atoms with Crippen LogP contribution in [0, 0.1) is 5.92 Å². The second kappa shape index (κ2) is 7.30. The van der Waals surface area contributed by atoms with Crippen LogP contribution in [0.15, 0.2) is 30.3 Å². The fourth-order valence-corrected chi connectivity index (χ4v) is 2.03. The van der Waals surface area contributed by atoms with Gasteiger partial charge in [0, 0.05) is 12.1 Å². The summed E-state index contributed by atoms with van der Waals surface area (Å²) in [7, 11) is 0. The van der Waals surface area contributed by atoms with E-state index < -0.39 is 0 Å². The predicted octanol–water partition coefficient (Wildman–Crippen LogP) is 1.84. The van der Waals surface area contributed by atoms with Crippen LogP contribution < -0.4 is 10.6 Å². The molecular formula is C13H19ClN2O. The summed E-state index contributed by atoms with van der Waals surface area (Å²) >= 11 is 0. The number of carbonyl (C=O) groups is 1. The summed E-state index contributed by atoms with van der Waals surface area (Å²) in [5.41, 5.74) is 0.742. The Morgan fingerprint density at radius 3 is 2.76 bits per heavy atom. The van der Waals surface area contributed by atoms with Crippen molar-refractivity contribution in [2.24, 2.45) is 5.92 Å². The number of amides is 1. The Morgan fingerprint density at radius 2 is 2.12 bits per heavy atom.